The molecule has 5 nitrogen and oxygen atoms in total. The van der Waals surface area contributed by atoms with Crippen LogP contribution in [0.3, 0.4) is 0 Å². The highest BCUT2D eigenvalue weighted by Crippen LogP contribution is 2.21. The molecule has 0 aliphatic carbocycles. The van der Waals surface area contributed by atoms with Gasteiger partial charge >= 0.3 is 0 Å². The lowest BCUT2D eigenvalue weighted by Crippen LogP contribution is -2.43. The molecule has 2 aromatic carbocycles. The van der Waals surface area contributed by atoms with Crippen molar-refractivity contribution in [3.8, 4) is 5.75 Å². The van der Waals surface area contributed by atoms with Gasteiger partial charge in [0.05, 0.1) is 0 Å². The van der Waals surface area contributed by atoms with Crippen molar-refractivity contribution in [2.24, 2.45) is 0 Å². The number of benzene rings is 2. The minimum absolute atomic E-state index is 0.223. The standard InChI is InChI=1S/C19H19FN2O3/c1-13-5-3-6-14(2)19(13)25-12-18(24)22-21-17(23)10-9-15-7-4-8-16(20)11-15/h3-11H,12H2,1-2H3,(H,21,23)(H,22,24)/b10-9+. The third-order valence-corrected chi connectivity index (χ3v) is 3.36. The Labute approximate surface area is 145 Å². The number of ether oxygens (including phenoxy) is 1. The van der Waals surface area contributed by atoms with Gasteiger partial charge in [-0.3, -0.25) is 20.4 Å². The van der Waals surface area contributed by atoms with E-state index in [-0.39, 0.29) is 12.4 Å². The van der Waals surface area contributed by atoms with Gasteiger partial charge in [0.1, 0.15) is 11.6 Å². The number of hydrogen-bond donors (Lipinski definition) is 2. The van der Waals surface area contributed by atoms with Gasteiger partial charge in [-0.2, -0.15) is 0 Å². The van der Waals surface area contributed by atoms with Crippen LogP contribution in [-0.4, -0.2) is 18.4 Å². The monoisotopic (exact) mass is 342 g/mol. The van der Waals surface area contributed by atoms with Crippen LogP contribution in [0, 0.1) is 19.7 Å². The molecule has 2 N–H and O–H groups in total. The van der Waals surface area contributed by atoms with Crippen LogP contribution in [0.5, 0.6) is 5.75 Å². The van der Waals surface area contributed by atoms with Gasteiger partial charge in [-0.15, -0.1) is 0 Å². The van der Waals surface area contributed by atoms with E-state index in [0.717, 1.165) is 11.1 Å². The molecule has 0 saturated heterocycles. The number of halogens is 1. The molecule has 2 rings (SSSR count). The first kappa shape index (κ1) is 18.2. The Balaban J connectivity index is 1.78. The minimum Gasteiger partial charge on any atom is -0.483 e. The normalized spacial score (nSPS) is 10.5. The third-order valence-electron chi connectivity index (χ3n) is 3.36. The second-order valence-corrected chi connectivity index (χ2v) is 5.44. The first-order chi connectivity index (χ1) is 12.0. The quantitative estimate of drug-likeness (QED) is 0.648. The molecule has 0 heterocycles. The molecule has 0 bridgehead atoms. The highest BCUT2D eigenvalue weighted by Gasteiger charge is 2.07. The van der Waals surface area contributed by atoms with Crippen LogP contribution in [0.15, 0.2) is 48.5 Å². The molecule has 0 aliphatic heterocycles. The zero-order chi connectivity index (χ0) is 18.2. The average Bonchev–Trinajstić information content (AvgIpc) is 2.58. The van der Waals surface area contributed by atoms with E-state index in [4.69, 9.17) is 4.74 Å². The fourth-order valence-electron chi connectivity index (χ4n) is 2.16. The molecular weight excluding hydrogens is 323 g/mol. The first-order valence-electron chi connectivity index (χ1n) is 7.67. The van der Waals surface area contributed by atoms with Crippen molar-refractivity contribution < 1.29 is 18.7 Å². The molecule has 6 heteroatoms. The number of aryl methyl sites for hydroxylation is 2. The van der Waals surface area contributed by atoms with Gasteiger partial charge in [-0.05, 0) is 48.7 Å². The van der Waals surface area contributed by atoms with Crippen molar-refractivity contribution in [2.45, 2.75) is 13.8 Å². The molecule has 0 unspecified atom stereocenters. The molecule has 0 aliphatic rings. The first-order valence-corrected chi connectivity index (χ1v) is 7.67. The molecule has 0 radical (unpaired) electrons. The summed E-state index contributed by atoms with van der Waals surface area (Å²) >= 11 is 0. The Morgan fingerprint density at radius 2 is 1.76 bits per heavy atom. The SMILES string of the molecule is Cc1cccc(C)c1OCC(=O)NNC(=O)/C=C/c1cccc(F)c1. The van der Waals surface area contributed by atoms with Crippen LogP contribution >= 0.6 is 0 Å². The number of carbonyl (C=O) groups is 2. The van der Waals surface area contributed by atoms with E-state index in [1.54, 1.807) is 12.1 Å². The molecular formula is C19H19FN2O3. The topological polar surface area (TPSA) is 67.4 Å². The van der Waals surface area contributed by atoms with Crippen molar-refractivity contribution in [2.75, 3.05) is 6.61 Å². The fourth-order valence-corrected chi connectivity index (χ4v) is 2.16. The van der Waals surface area contributed by atoms with Gasteiger partial charge in [-0.25, -0.2) is 4.39 Å². The van der Waals surface area contributed by atoms with Crippen LogP contribution in [-0.2, 0) is 9.59 Å². The summed E-state index contributed by atoms with van der Waals surface area (Å²) in [5.41, 5.74) is 6.88. The molecule has 2 aromatic rings. The summed E-state index contributed by atoms with van der Waals surface area (Å²) in [6, 6.07) is 11.5. The van der Waals surface area contributed by atoms with Crippen LogP contribution in [0.25, 0.3) is 6.08 Å². The average molecular weight is 342 g/mol. The third kappa shape index (κ3) is 5.76. The number of hydrogen-bond acceptors (Lipinski definition) is 3. The summed E-state index contributed by atoms with van der Waals surface area (Å²) in [6.07, 6.45) is 2.64. The zero-order valence-corrected chi connectivity index (χ0v) is 14.0. The Kier molecular flexibility index (Phi) is 6.28. The number of carbonyl (C=O) groups excluding carboxylic acids is 2. The predicted octanol–water partition coefficient (Wildman–Crippen LogP) is 2.68. The summed E-state index contributed by atoms with van der Waals surface area (Å²) in [5.74, 6) is -0.769. The summed E-state index contributed by atoms with van der Waals surface area (Å²) in [7, 11) is 0. The molecule has 0 saturated carbocycles. The van der Waals surface area contributed by atoms with E-state index >= 15 is 0 Å². The number of amides is 2. The molecule has 130 valence electrons. The van der Waals surface area contributed by atoms with E-state index < -0.39 is 11.8 Å². The van der Waals surface area contributed by atoms with E-state index in [0.29, 0.717) is 11.3 Å². The lowest BCUT2D eigenvalue weighted by molar-refractivity contribution is -0.128. The van der Waals surface area contributed by atoms with E-state index in [1.165, 1.54) is 24.3 Å². The maximum Gasteiger partial charge on any atom is 0.276 e. The smallest absolute Gasteiger partial charge is 0.276 e. The van der Waals surface area contributed by atoms with Crippen LogP contribution < -0.4 is 15.6 Å². The van der Waals surface area contributed by atoms with Crippen LogP contribution in [0.1, 0.15) is 16.7 Å². The van der Waals surface area contributed by atoms with Gasteiger partial charge in [0, 0.05) is 6.08 Å². The number of nitrogens with one attached hydrogen (secondary N) is 2. The lowest BCUT2D eigenvalue weighted by Gasteiger charge is -2.11. The van der Waals surface area contributed by atoms with Crippen LogP contribution in [0.4, 0.5) is 4.39 Å². The van der Waals surface area contributed by atoms with Gasteiger partial charge in [-0.1, -0.05) is 30.3 Å². The maximum absolute atomic E-state index is 13.0. The van der Waals surface area contributed by atoms with Gasteiger partial charge in [0.25, 0.3) is 11.8 Å². The maximum atomic E-state index is 13.0. The Bertz CT molecular complexity index is 783. The van der Waals surface area contributed by atoms with Crippen LogP contribution in [0.2, 0.25) is 0 Å². The second kappa shape index (κ2) is 8.63. The zero-order valence-electron chi connectivity index (χ0n) is 14.0. The van der Waals surface area contributed by atoms with Crippen molar-refractivity contribution in [1.29, 1.82) is 0 Å². The highest BCUT2D eigenvalue weighted by molar-refractivity contribution is 5.93. The summed E-state index contributed by atoms with van der Waals surface area (Å²) in [4.78, 5) is 23.4. The molecule has 2 amide bonds. The summed E-state index contributed by atoms with van der Waals surface area (Å²) < 4.78 is 18.5. The molecule has 0 fully saturated rings. The Morgan fingerprint density at radius 1 is 1.08 bits per heavy atom. The number of para-hydroxylation sites is 1. The fraction of sp³-hybridized carbons (Fsp3) is 0.158. The number of hydrazine groups is 1. The number of rotatable bonds is 5. The van der Waals surface area contributed by atoms with Gasteiger partial charge < -0.3 is 4.74 Å². The Morgan fingerprint density at radius 3 is 2.44 bits per heavy atom. The lowest BCUT2D eigenvalue weighted by atomic mass is 10.1. The van der Waals surface area contributed by atoms with E-state index in [1.807, 2.05) is 32.0 Å². The highest BCUT2D eigenvalue weighted by atomic mass is 19.1. The summed E-state index contributed by atoms with van der Waals surface area (Å²) in [5, 5.41) is 0. The van der Waals surface area contributed by atoms with Gasteiger partial charge in [0.2, 0.25) is 0 Å². The summed E-state index contributed by atoms with van der Waals surface area (Å²) in [6.45, 7) is 3.55. The Hall–Kier alpha value is -3.15. The molecule has 0 spiro atoms. The molecule has 25 heavy (non-hydrogen) atoms. The van der Waals surface area contributed by atoms with Crippen molar-refractivity contribution in [1.82, 2.24) is 10.9 Å². The van der Waals surface area contributed by atoms with E-state index in [9.17, 15) is 14.0 Å². The van der Waals surface area contributed by atoms with Crippen molar-refractivity contribution >= 4 is 17.9 Å². The second-order valence-electron chi connectivity index (χ2n) is 5.44. The van der Waals surface area contributed by atoms with Gasteiger partial charge in [0.15, 0.2) is 6.61 Å². The largest absolute Gasteiger partial charge is 0.483 e. The minimum atomic E-state index is -0.537. The molecule has 0 atom stereocenters. The predicted molar refractivity (Wildman–Crippen MR) is 93.1 cm³/mol. The van der Waals surface area contributed by atoms with Crippen molar-refractivity contribution in [3.05, 3.63) is 71.0 Å². The molecule has 0 aromatic heterocycles. The van der Waals surface area contributed by atoms with E-state index in [2.05, 4.69) is 10.9 Å². The van der Waals surface area contributed by atoms with Crippen molar-refractivity contribution in [3.63, 3.8) is 0 Å².